The summed E-state index contributed by atoms with van der Waals surface area (Å²) in [6.07, 6.45) is 13.7. The van der Waals surface area contributed by atoms with E-state index in [1.807, 2.05) is 97.1 Å². The van der Waals surface area contributed by atoms with Gasteiger partial charge in [-0.15, -0.1) is 0 Å². The van der Waals surface area contributed by atoms with Gasteiger partial charge in [0.1, 0.15) is 0 Å². The lowest BCUT2D eigenvalue weighted by Crippen LogP contribution is -2.39. The minimum atomic E-state index is -0.190. The third-order valence-electron chi connectivity index (χ3n) is 8.35. The van der Waals surface area contributed by atoms with Gasteiger partial charge in [-0.25, -0.2) is 0 Å². The molecule has 0 radical (unpaired) electrons. The van der Waals surface area contributed by atoms with Gasteiger partial charge in [-0.3, -0.25) is 9.59 Å². The van der Waals surface area contributed by atoms with Crippen molar-refractivity contribution in [3.63, 3.8) is 0 Å². The van der Waals surface area contributed by atoms with E-state index in [9.17, 15) is 9.59 Å². The topological polar surface area (TPSA) is 96.0 Å². The summed E-state index contributed by atoms with van der Waals surface area (Å²) < 4.78 is 32.7. The summed E-state index contributed by atoms with van der Waals surface area (Å²) in [5.74, 6) is 2.75. The van der Waals surface area contributed by atoms with Crippen molar-refractivity contribution in [2.75, 3.05) is 55.7 Å². The van der Waals surface area contributed by atoms with Crippen LogP contribution in [0.2, 0.25) is 0 Å². The van der Waals surface area contributed by atoms with Crippen molar-refractivity contribution >= 4 is 24.0 Å². The van der Waals surface area contributed by atoms with Crippen LogP contribution in [0.5, 0.6) is 34.5 Å². The molecule has 0 aliphatic heterocycles. The maximum Gasteiger partial charge on any atom is 0.246 e. The first-order valence-corrected chi connectivity index (χ1v) is 17.3. The molecule has 10 nitrogen and oxygen atoms in total. The van der Waals surface area contributed by atoms with E-state index in [-0.39, 0.29) is 11.8 Å². The molecule has 0 N–H and O–H groups in total. The van der Waals surface area contributed by atoms with Crippen LogP contribution in [0.4, 0.5) is 0 Å². The number of rotatable bonds is 19. The molecule has 282 valence electrons. The first kappa shape index (κ1) is 40.4. The Morgan fingerprint density at radius 3 is 1.11 bits per heavy atom. The summed E-state index contributed by atoms with van der Waals surface area (Å²) in [6, 6.07) is 26.8. The van der Waals surface area contributed by atoms with Crippen LogP contribution in [0.3, 0.4) is 0 Å². The van der Waals surface area contributed by atoms with Crippen LogP contribution in [-0.2, 0) is 22.7 Å². The molecule has 4 aromatic carbocycles. The Morgan fingerprint density at radius 2 is 0.815 bits per heavy atom. The average Bonchev–Trinajstić information content (AvgIpc) is 3.21. The molecule has 0 aliphatic carbocycles. The van der Waals surface area contributed by atoms with Crippen LogP contribution >= 0.6 is 0 Å². The highest BCUT2D eigenvalue weighted by atomic mass is 16.5. The van der Waals surface area contributed by atoms with E-state index in [1.165, 1.54) is 12.2 Å². The zero-order valence-electron chi connectivity index (χ0n) is 31.7. The van der Waals surface area contributed by atoms with Crippen LogP contribution in [0, 0.1) is 0 Å². The van der Waals surface area contributed by atoms with Crippen LogP contribution in [0.1, 0.15) is 22.3 Å². The van der Waals surface area contributed by atoms with Crippen molar-refractivity contribution in [2.45, 2.75) is 13.1 Å². The van der Waals surface area contributed by atoms with Gasteiger partial charge in [0.25, 0.3) is 0 Å². The van der Waals surface area contributed by atoms with Crippen molar-refractivity contribution in [1.29, 1.82) is 0 Å². The Morgan fingerprint density at radius 1 is 0.481 bits per heavy atom. The number of allylic oxidation sites excluding steroid dienone is 4. The van der Waals surface area contributed by atoms with Gasteiger partial charge in [0.15, 0.2) is 23.0 Å². The fraction of sp³-hybridized carbons (Fsp3) is 0.227. The number of ether oxygens (including phenoxy) is 6. The number of nitrogens with zero attached hydrogens (tertiary/aromatic N) is 2. The van der Waals surface area contributed by atoms with Crippen molar-refractivity contribution in [3.05, 3.63) is 144 Å². The number of benzene rings is 4. The smallest absolute Gasteiger partial charge is 0.246 e. The largest absolute Gasteiger partial charge is 0.493 e. The second-order valence-corrected chi connectivity index (χ2v) is 11.8. The van der Waals surface area contributed by atoms with Gasteiger partial charge in [0.05, 0.1) is 42.7 Å². The van der Waals surface area contributed by atoms with Crippen molar-refractivity contribution in [2.24, 2.45) is 0 Å². The summed E-state index contributed by atoms with van der Waals surface area (Å²) in [5, 5.41) is 0. The van der Waals surface area contributed by atoms with Crippen LogP contribution < -0.4 is 28.4 Å². The first-order valence-electron chi connectivity index (χ1n) is 17.3. The van der Waals surface area contributed by atoms with Gasteiger partial charge in [-0.05, 0) is 46.5 Å². The monoisotopic (exact) mass is 732 g/mol. The highest BCUT2D eigenvalue weighted by Crippen LogP contribution is 2.39. The van der Waals surface area contributed by atoms with Crippen molar-refractivity contribution < 1.29 is 38.0 Å². The molecular weight excluding hydrogens is 684 g/mol. The molecule has 0 aromatic heterocycles. The molecule has 4 aromatic rings. The lowest BCUT2D eigenvalue weighted by atomic mass is 10.1. The van der Waals surface area contributed by atoms with E-state index in [0.29, 0.717) is 60.7 Å². The van der Waals surface area contributed by atoms with Gasteiger partial charge in [0.2, 0.25) is 23.3 Å². The lowest BCUT2D eigenvalue weighted by Gasteiger charge is -2.27. The quantitative estimate of drug-likeness (QED) is 0.0718. The fourth-order valence-electron chi connectivity index (χ4n) is 5.60. The number of methoxy groups -OCH3 is 6. The molecule has 0 saturated carbocycles. The number of carbonyl (C=O) groups is 2. The zero-order chi connectivity index (χ0) is 38.7. The summed E-state index contributed by atoms with van der Waals surface area (Å²) >= 11 is 0. The maximum absolute atomic E-state index is 13.7. The molecule has 0 bridgehead atoms. The van der Waals surface area contributed by atoms with Gasteiger partial charge in [-0.2, -0.15) is 0 Å². The van der Waals surface area contributed by atoms with Gasteiger partial charge in [0, 0.05) is 38.3 Å². The highest BCUT2D eigenvalue weighted by molar-refractivity contribution is 5.89. The van der Waals surface area contributed by atoms with Gasteiger partial charge < -0.3 is 38.2 Å². The Bertz CT molecular complexity index is 1750. The van der Waals surface area contributed by atoms with Crippen molar-refractivity contribution in [3.8, 4) is 34.5 Å². The second-order valence-electron chi connectivity index (χ2n) is 11.8. The lowest BCUT2D eigenvalue weighted by molar-refractivity contribution is -0.130. The Labute approximate surface area is 318 Å². The van der Waals surface area contributed by atoms with E-state index in [1.54, 1.807) is 76.8 Å². The molecule has 2 amide bonds. The molecule has 4 rings (SSSR count). The Balaban J connectivity index is 1.52. The van der Waals surface area contributed by atoms with Gasteiger partial charge in [-0.1, -0.05) is 97.1 Å². The summed E-state index contributed by atoms with van der Waals surface area (Å²) in [6.45, 7) is 1.37. The molecular formula is C44H48N2O8. The van der Waals surface area contributed by atoms with Crippen LogP contribution in [0.15, 0.2) is 121 Å². The molecule has 0 fully saturated rings. The van der Waals surface area contributed by atoms with E-state index in [4.69, 9.17) is 28.4 Å². The number of hydrogen-bond acceptors (Lipinski definition) is 8. The third kappa shape index (κ3) is 11.5. The zero-order valence-corrected chi connectivity index (χ0v) is 31.7. The van der Waals surface area contributed by atoms with Gasteiger partial charge >= 0.3 is 0 Å². The second kappa shape index (κ2) is 21.2. The SMILES string of the molecule is COc1cc(C=CC=CC(=O)N(CCN(Cc2ccccc2)C(=O)C=CC=Cc2cc(OC)c(OC)c(OC)c2)Cc2ccccc2)cc(OC)c1OC. The molecule has 10 heteroatoms. The van der Waals surface area contributed by atoms with Crippen LogP contribution in [-0.4, -0.2) is 77.4 Å². The molecule has 0 spiro atoms. The fourth-order valence-corrected chi connectivity index (χ4v) is 5.60. The molecule has 0 heterocycles. The van der Waals surface area contributed by atoms with E-state index in [2.05, 4.69) is 0 Å². The van der Waals surface area contributed by atoms with Crippen LogP contribution in [0.25, 0.3) is 12.2 Å². The predicted octanol–water partition coefficient (Wildman–Crippen LogP) is 7.63. The minimum Gasteiger partial charge on any atom is -0.493 e. The van der Waals surface area contributed by atoms with Crippen molar-refractivity contribution in [1.82, 2.24) is 9.80 Å². The molecule has 0 aliphatic rings. The summed E-state index contributed by atoms with van der Waals surface area (Å²) in [5.41, 5.74) is 3.57. The summed E-state index contributed by atoms with van der Waals surface area (Å²) in [4.78, 5) is 30.8. The number of amides is 2. The standard InChI is InChI=1S/C44H48N2O8/c1-49-37-27-35(28-38(50-2)43(37)53-5)21-13-15-23-41(47)45(31-33-17-9-7-10-18-33)25-26-46(32-34-19-11-8-12-20-34)42(48)24-16-14-22-36-29-39(51-3)44(54-6)40(30-36)52-4/h7-24,27-30H,25-26,31-32H2,1-6H3. The Hall–Kier alpha value is -6.42. The molecule has 0 unspecified atom stereocenters. The number of carbonyl (C=O) groups excluding carboxylic acids is 2. The predicted molar refractivity (Wildman–Crippen MR) is 212 cm³/mol. The maximum atomic E-state index is 13.7. The Kier molecular flexibility index (Phi) is 15.8. The highest BCUT2D eigenvalue weighted by Gasteiger charge is 2.17. The van der Waals surface area contributed by atoms with E-state index >= 15 is 0 Å². The van der Waals surface area contributed by atoms with E-state index in [0.717, 1.165) is 22.3 Å². The average molecular weight is 733 g/mol. The normalized spacial score (nSPS) is 11.3. The third-order valence-corrected chi connectivity index (χ3v) is 8.35. The molecule has 0 atom stereocenters. The minimum absolute atomic E-state index is 0.190. The summed E-state index contributed by atoms with van der Waals surface area (Å²) in [7, 11) is 9.35. The number of hydrogen-bond donors (Lipinski definition) is 0. The first-order chi connectivity index (χ1) is 26.3. The van der Waals surface area contributed by atoms with E-state index < -0.39 is 0 Å². The molecule has 0 saturated heterocycles. The molecule has 54 heavy (non-hydrogen) atoms.